The van der Waals surface area contributed by atoms with Crippen LogP contribution < -0.4 is 10.2 Å². The lowest BCUT2D eigenvalue weighted by Gasteiger charge is -2.32. The van der Waals surface area contributed by atoms with Gasteiger partial charge >= 0.3 is 0 Å². The number of hydrogen-bond acceptors (Lipinski definition) is 5. The van der Waals surface area contributed by atoms with Gasteiger partial charge in [-0.1, -0.05) is 17.4 Å². The fourth-order valence-corrected chi connectivity index (χ4v) is 4.99. The molecule has 0 unspecified atom stereocenters. The highest BCUT2D eigenvalue weighted by atomic mass is 32.1. The number of carbonyl (C=O) groups is 1. The minimum Gasteiger partial charge on any atom is -0.348 e. The van der Waals surface area contributed by atoms with Crippen LogP contribution in [-0.4, -0.2) is 39.8 Å². The van der Waals surface area contributed by atoms with Gasteiger partial charge in [-0.05, 0) is 56.9 Å². The first-order valence-electron chi connectivity index (χ1n) is 9.35. The van der Waals surface area contributed by atoms with E-state index in [1.807, 2.05) is 13.0 Å². The second-order valence-corrected chi connectivity index (χ2v) is 8.46. The fraction of sp³-hybridized carbons (Fsp3) is 0.450. The summed E-state index contributed by atoms with van der Waals surface area (Å²) in [5, 5.41) is 8.50. The summed E-state index contributed by atoms with van der Waals surface area (Å²) in [4.78, 5) is 19.7. The number of benzene rings is 1. The molecule has 2 aromatic heterocycles. The summed E-state index contributed by atoms with van der Waals surface area (Å²) in [6.45, 7) is 7.97. The number of fused-ring (bicyclic) bond motifs is 1. The summed E-state index contributed by atoms with van der Waals surface area (Å²) in [6.07, 6.45) is 1.85. The third-order valence-corrected chi connectivity index (χ3v) is 6.22. The average molecular weight is 384 g/mol. The Morgan fingerprint density at radius 2 is 1.93 bits per heavy atom. The van der Waals surface area contributed by atoms with Crippen LogP contribution in [0.5, 0.6) is 0 Å². The molecule has 142 valence electrons. The lowest BCUT2D eigenvalue weighted by Crippen LogP contribution is -2.45. The molecule has 3 heterocycles. The van der Waals surface area contributed by atoms with E-state index >= 15 is 0 Å². The Morgan fingerprint density at radius 3 is 2.59 bits per heavy atom. The molecule has 0 radical (unpaired) electrons. The molecule has 1 N–H and O–H groups in total. The van der Waals surface area contributed by atoms with Crippen LogP contribution in [0.2, 0.25) is 0 Å². The fourth-order valence-electron chi connectivity index (χ4n) is 3.79. The van der Waals surface area contributed by atoms with Gasteiger partial charge in [-0.15, -0.1) is 0 Å². The Hall–Kier alpha value is -2.41. The number of amides is 1. The van der Waals surface area contributed by atoms with Crippen molar-refractivity contribution in [3.05, 3.63) is 40.7 Å². The molecule has 1 aliphatic rings. The molecule has 7 heteroatoms. The Kier molecular flexibility index (Phi) is 4.63. The highest BCUT2D eigenvalue weighted by Gasteiger charge is 2.24. The zero-order valence-electron chi connectivity index (χ0n) is 16.2. The van der Waals surface area contributed by atoms with Crippen molar-refractivity contribution in [1.82, 2.24) is 20.1 Å². The van der Waals surface area contributed by atoms with Crippen molar-refractivity contribution in [1.29, 1.82) is 0 Å². The van der Waals surface area contributed by atoms with E-state index in [1.165, 1.54) is 15.8 Å². The van der Waals surface area contributed by atoms with Crippen LogP contribution in [-0.2, 0) is 7.05 Å². The van der Waals surface area contributed by atoms with E-state index < -0.39 is 0 Å². The van der Waals surface area contributed by atoms with Crippen molar-refractivity contribution < 1.29 is 4.79 Å². The molecule has 1 aliphatic heterocycles. The van der Waals surface area contributed by atoms with Gasteiger partial charge in [0.05, 0.1) is 15.9 Å². The summed E-state index contributed by atoms with van der Waals surface area (Å²) >= 11 is 1.76. The number of aryl methyl sites for hydroxylation is 4. The number of aromatic nitrogens is 3. The molecule has 1 aromatic carbocycles. The smallest absolute Gasteiger partial charge is 0.269 e. The topological polar surface area (TPSA) is 63.1 Å². The predicted octanol–water partition coefficient (Wildman–Crippen LogP) is 3.35. The van der Waals surface area contributed by atoms with E-state index in [1.54, 1.807) is 23.1 Å². The quantitative estimate of drug-likeness (QED) is 0.753. The molecule has 6 nitrogen and oxygen atoms in total. The first-order valence-corrected chi connectivity index (χ1v) is 10.2. The Labute approximate surface area is 163 Å². The van der Waals surface area contributed by atoms with Gasteiger partial charge in [0.1, 0.15) is 5.69 Å². The molecule has 0 bridgehead atoms. The van der Waals surface area contributed by atoms with E-state index in [-0.39, 0.29) is 11.9 Å². The van der Waals surface area contributed by atoms with Crippen molar-refractivity contribution in [3.8, 4) is 0 Å². The maximum absolute atomic E-state index is 12.5. The molecule has 27 heavy (non-hydrogen) atoms. The maximum Gasteiger partial charge on any atom is 0.269 e. The van der Waals surface area contributed by atoms with Crippen LogP contribution in [0.25, 0.3) is 10.2 Å². The summed E-state index contributed by atoms with van der Waals surface area (Å²) in [6, 6.07) is 6.43. The number of anilines is 1. The third kappa shape index (κ3) is 3.56. The van der Waals surface area contributed by atoms with E-state index in [2.05, 4.69) is 41.3 Å². The van der Waals surface area contributed by atoms with Crippen molar-refractivity contribution in [3.63, 3.8) is 0 Å². The zero-order chi connectivity index (χ0) is 19.1. The molecule has 0 saturated carbocycles. The van der Waals surface area contributed by atoms with E-state index in [0.717, 1.165) is 42.3 Å². The van der Waals surface area contributed by atoms with Gasteiger partial charge in [0.15, 0.2) is 5.13 Å². The van der Waals surface area contributed by atoms with Crippen molar-refractivity contribution in [2.45, 2.75) is 39.7 Å². The minimum absolute atomic E-state index is 0.0392. The molecule has 1 saturated heterocycles. The van der Waals surface area contributed by atoms with Gasteiger partial charge in [-0.25, -0.2) is 4.98 Å². The average Bonchev–Trinajstić information content (AvgIpc) is 3.18. The third-order valence-electron chi connectivity index (χ3n) is 5.15. The summed E-state index contributed by atoms with van der Waals surface area (Å²) in [7, 11) is 1.81. The number of thiazole rings is 1. The van der Waals surface area contributed by atoms with E-state index in [0.29, 0.717) is 5.69 Å². The zero-order valence-corrected chi connectivity index (χ0v) is 17.1. The second kappa shape index (κ2) is 6.96. The molecule has 3 aromatic rings. The van der Waals surface area contributed by atoms with Crippen molar-refractivity contribution in [2.75, 3.05) is 18.0 Å². The van der Waals surface area contributed by atoms with Crippen molar-refractivity contribution >= 4 is 32.6 Å². The number of nitrogens with one attached hydrogen (secondary N) is 1. The maximum atomic E-state index is 12.5. The summed E-state index contributed by atoms with van der Waals surface area (Å²) in [5.41, 5.74) is 5.11. The van der Waals surface area contributed by atoms with Crippen LogP contribution in [0.15, 0.2) is 18.2 Å². The first-order chi connectivity index (χ1) is 12.9. The molecule has 0 aliphatic carbocycles. The molecule has 1 fully saturated rings. The molecule has 0 spiro atoms. The Balaban J connectivity index is 1.41. The minimum atomic E-state index is -0.0392. The van der Waals surface area contributed by atoms with Crippen LogP contribution in [0.3, 0.4) is 0 Å². The van der Waals surface area contributed by atoms with Crippen molar-refractivity contribution in [2.24, 2.45) is 7.05 Å². The van der Waals surface area contributed by atoms with Gasteiger partial charge in [0.2, 0.25) is 0 Å². The van der Waals surface area contributed by atoms with Crippen LogP contribution in [0.1, 0.15) is 40.2 Å². The molecule has 4 rings (SSSR count). The van der Waals surface area contributed by atoms with E-state index in [4.69, 9.17) is 4.98 Å². The second-order valence-electron chi connectivity index (χ2n) is 7.45. The highest BCUT2D eigenvalue weighted by Crippen LogP contribution is 2.32. The van der Waals surface area contributed by atoms with Gasteiger partial charge in [0, 0.05) is 26.2 Å². The van der Waals surface area contributed by atoms with E-state index in [9.17, 15) is 4.79 Å². The molecule has 0 atom stereocenters. The summed E-state index contributed by atoms with van der Waals surface area (Å²) in [5.74, 6) is -0.0392. The van der Waals surface area contributed by atoms with Crippen LogP contribution >= 0.6 is 11.3 Å². The van der Waals surface area contributed by atoms with Gasteiger partial charge < -0.3 is 10.2 Å². The number of nitrogens with zero attached hydrogens (tertiary/aromatic N) is 4. The molecule has 1 amide bonds. The summed E-state index contributed by atoms with van der Waals surface area (Å²) < 4.78 is 2.90. The largest absolute Gasteiger partial charge is 0.348 e. The van der Waals surface area contributed by atoms with Gasteiger partial charge in [-0.3, -0.25) is 9.48 Å². The number of rotatable bonds is 3. The lowest BCUT2D eigenvalue weighted by atomic mass is 10.1. The molecular weight excluding hydrogens is 358 g/mol. The highest BCUT2D eigenvalue weighted by molar-refractivity contribution is 7.22. The van der Waals surface area contributed by atoms with Gasteiger partial charge in [0.25, 0.3) is 5.91 Å². The van der Waals surface area contributed by atoms with Crippen LogP contribution in [0, 0.1) is 20.8 Å². The molecular formula is C20H25N5OS. The normalized spacial score (nSPS) is 15.5. The number of piperidine rings is 1. The lowest BCUT2D eigenvalue weighted by molar-refractivity contribution is 0.0921. The van der Waals surface area contributed by atoms with Crippen LogP contribution in [0.4, 0.5) is 5.13 Å². The van der Waals surface area contributed by atoms with Gasteiger partial charge in [-0.2, -0.15) is 5.10 Å². The number of hydrogen-bond donors (Lipinski definition) is 1. The number of carbonyl (C=O) groups excluding carboxylic acids is 1. The SMILES string of the molecule is Cc1cc(C)c2nc(N3CCC(NC(=O)c4cc(C)nn4C)CC3)sc2c1. The predicted molar refractivity (Wildman–Crippen MR) is 110 cm³/mol. The standard InChI is InChI=1S/C20H25N5OS/c1-12-9-13(2)18-17(10-12)27-20(22-18)25-7-5-15(6-8-25)21-19(26)16-11-14(3)23-24(16)4/h9-11,15H,5-8H2,1-4H3,(H,21,26). The first kappa shape index (κ1) is 18.0. The Morgan fingerprint density at radius 1 is 1.19 bits per heavy atom. The monoisotopic (exact) mass is 383 g/mol. The Bertz CT molecular complexity index is 997.